The lowest BCUT2D eigenvalue weighted by Crippen LogP contribution is -1.91. The molecule has 0 unspecified atom stereocenters. The quantitative estimate of drug-likeness (QED) is 0.790. The lowest BCUT2D eigenvalue weighted by atomic mass is 10.3. The molecular weight excluding hydrogens is 254 g/mol. The maximum Gasteiger partial charge on any atom is 0.109 e. The number of rotatable bonds is 3. The summed E-state index contributed by atoms with van der Waals surface area (Å²) in [5.41, 5.74) is 1.56. The van der Waals surface area contributed by atoms with Gasteiger partial charge in [-0.25, -0.2) is 4.68 Å². The maximum atomic E-state index is 8.94. The van der Waals surface area contributed by atoms with Gasteiger partial charge in [-0.2, -0.15) is 0 Å². The Hall–Kier alpha value is -1.50. The molecule has 86 valence electrons. The first-order valence-electron chi connectivity index (χ1n) is 5.01. The summed E-state index contributed by atoms with van der Waals surface area (Å²) in [5, 5.41) is 20.9. The van der Waals surface area contributed by atoms with Gasteiger partial charge in [0.15, 0.2) is 0 Å². The Kier molecular flexibility index (Phi) is 2.76. The average Bonchev–Trinajstić information content (AvgIpc) is 3.09. The molecule has 1 N–H and O–H groups in total. The number of hydrogen-bond donors (Lipinski definition) is 1. The van der Waals surface area contributed by atoms with Crippen molar-refractivity contribution >= 4 is 22.7 Å². The zero-order valence-corrected chi connectivity index (χ0v) is 10.4. The Morgan fingerprint density at radius 1 is 1.29 bits per heavy atom. The zero-order valence-electron chi connectivity index (χ0n) is 8.78. The van der Waals surface area contributed by atoms with Crippen molar-refractivity contribution < 1.29 is 5.11 Å². The van der Waals surface area contributed by atoms with Crippen LogP contribution in [0.15, 0.2) is 35.2 Å². The molecule has 0 saturated carbocycles. The highest BCUT2D eigenvalue weighted by Gasteiger charge is 2.07. The highest BCUT2D eigenvalue weighted by atomic mass is 32.1. The van der Waals surface area contributed by atoms with E-state index < -0.39 is 0 Å². The Morgan fingerprint density at radius 3 is 2.94 bits per heavy atom. The van der Waals surface area contributed by atoms with Gasteiger partial charge in [-0.05, 0) is 17.5 Å². The summed E-state index contributed by atoms with van der Waals surface area (Å²) in [7, 11) is 0. The molecule has 0 fully saturated rings. The molecule has 0 amide bonds. The monoisotopic (exact) mass is 263 g/mol. The van der Waals surface area contributed by atoms with Gasteiger partial charge in [0, 0.05) is 15.1 Å². The highest BCUT2D eigenvalue weighted by Crippen LogP contribution is 2.31. The van der Waals surface area contributed by atoms with Crippen molar-refractivity contribution in [3.8, 4) is 15.4 Å². The molecule has 0 bridgehead atoms. The SMILES string of the molecule is OCc1cn(-c2csc(-c3cccs3)c2)nn1. The van der Waals surface area contributed by atoms with Gasteiger partial charge in [-0.1, -0.05) is 11.3 Å². The van der Waals surface area contributed by atoms with Gasteiger partial charge < -0.3 is 5.11 Å². The molecule has 17 heavy (non-hydrogen) atoms. The number of aliphatic hydroxyl groups is 1. The molecule has 3 heterocycles. The van der Waals surface area contributed by atoms with E-state index in [0.717, 1.165) is 5.69 Å². The molecule has 0 radical (unpaired) electrons. The number of thiophene rings is 2. The Morgan fingerprint density at radius 2 is 2.24 bits per heavy atom. The molecule has 0 aliphatic carbocycles. The Balaban J connectivity index is 1.94. The number of aromatic nitrogens is 3. The first-order valence-corrected chi connectivity index (χ1v) is 6.77. The Bertz CT molecular complexity index is 612. The van der Waals surface area contributed by atoms with E-state index in [0.29, 0.717) is 5.69 Å². The standard InChI is InChI=1S/C11H9N3OS2/c15-6-8-5-14(13-12-8)9-4-11(17-7-9)10-2-1-3-16-10/h1-5,7,15H,6H2. The molecule has 3 aromatic heterocycles. The average molecular weight is 263 g/mol. The Labute approximate surface area is 106 Å². The number of aliphatic hydroxyl groups excluding tert-OH is 1. The molecule has 3 aromatic rings. The van der Waals surface area contributed by atoms with Gasteiger partial charge in [0.25, 0.3) is 0 Å². The number of hydrogen-bond acceptors (Lipinski definition) is 5. The number of nitrogens with zero attached hydrogens (tertiary/aromatic N) is 3. The molecule has 0 aliphatic rings. The van der Waals surface area contributed by atoms with Crippen molar-refractivity contribution in [2.45, 2.75) is 6.61 Å². The van der Waals surface area contributed by atoms with Crippen LogP contribution in [0.3, 0.4) is 0 Å². The fourth-order valence-electron chi connectivity index (χ4n) is 1.49. The van der Waals surface area contributed by atoms with Crippen molar-refractivity contribution in [1.82, 2.24) is 15.0 Å². The molecule has 0 aromatic carbocycles. The van der Waals surface area contributed by atoms with Crippen LogP contribution in [0, 0.1) is 0 Å². The van der Waals surface area contributed by atoms with Gasteiger partial charge in [0.2, 0.25) is 0 Å². The van der Waals surface area contributed by atoms with Crippen LogP contribution in [-0.2, 0) is 6.61 Å². The minimum atomic E-state index is -0.0814. The van der Waals surface area contributed by atoms with Crippen LogP contribution in [0.4, 0.5) is 0 Å². The van der Waals surface area contributed by atoms with E-state index >= 15 is 0 Å². The minimum Gasteiger partial charge on any atom is -0.390 e. The van der Waals surface area contributed by atoms with Crippen LogP contribution in [0.5, 0.6) is 0 Å². The van der Waals surface area contributed by atoms with E-state index in [4.69, 9.17) is 5.11 Å². The molecule has 4 nitrogen and oxygen atoms in total. The van der Waals surface area contributed by atoms with E-state index in [1.54, 1.807) is 33.6 Å². The third-order valence-electron chi connectivity index (χ3n) is 2.32. The molecule has 0 aliphatic heterocycles. The molecule has 0 atom stereocenters. The minimum absolute atomic E-state index is 0.0814. The van der Waals surface area contributed by atoms with E-state index in [-0.39, 0.29) is 6.61 Å². The summed E-state index contributed by atoms with van der Waals surface area (Å²) in [4.78, 5) is 2.47. The second-order valence-electron chi connectivity index (χ2n) is 3.46. The summed E-state index contributed by atoms with van der Waals surface area (Å²) in [6.07, 6.45) is 1.74. The van der Waals surface area contributed by atoms with E-state index in [1.807, 2.05) is 11.4 Å². The highest BCUT2D eigenvalue weighted by molar-refractivity contribution is 7.20. The van der Waals surface area contributed by atoms with Crippen LogP contribution < -0.4 is 0 Å². The van der Waals surface area contributed by atoms with Crippen molar-refractivity contribution in [3.05, 3.63) is 40.8 Å². The summed E-state index contributed by atoms with van der Waals surface area (Å²) < 4.78 is 1.68. The predicted molar refractivity (Wildman–Crippen MR) is 68.5 cm³/mol. The largest absolute Gasteiger partial charge is 0.390 e. The second kappa shape index (κ2) is 4.40. The summed E-state index contributed by atoms with van der Waals surface area (Å²) in [6, 6.07) is 6.21. The van der Waals surface area contributed by atoms with Gasteiger partial charge in [0.05, 0.1) is 18.5 Å². The van der Waals surface area contributed by atoms with E-state index in [2.05, 4.69) is 27.8 Å². The normalized spacial score (nSPS) is 10.9. The summed E-state index contributed by atoms with van der Waals surface area (Å²) in [5.74, 6) is 0. The molecular formula is C11H9N3OS2. The zero-order chi connectivity index (χ0) is 11.7. The van der Waals surface area contributed by atoms with Crippen LogP contribution in [0.2, 0.25) is 0 Å². The molecule has 6 heteroatoms. The van der Waals surface area contributed by atoms with Gasteiger partial charge >= 0.3 is 0 Å². The smallest absolute Gasteiger partial charge is 0.109 e. The third-order valence-corrected chi connectivity index (χ3v) is 4.30. The van der Waals surface area contributed by atoms with E-state index in [9.17, 15) is 0 Å². The molecule has 0 saturated heterocycles. The fourth-order valence-corrected chi connectivity index (χ4v) is 3.21. The second-order valence-corrected chi connectivity index (χ2v) is 5.32. The van der Waals surface area contributed by atoms with Crippen molar-refractivity contribution in [2.24, 2.45) is 0 Å². The summed E-state index contributed by atoms with van der Waals surface area (Å²) >= 11 is 3.40. The van der Waals surface area contributed by atoms with Crippen LogP contribution >= 0.6 is 22.7 Å². The molecule has 3 rings (SSSR count). The fraction of sp³-hybridized carbons (Fsp3) is 0.0909. The third kappa shape index (κ3) is 2.02. The first kappa shape index (κ1) is 10.6. The maximum absolute atomic E-state index is 8.94. The summed E-state index contributed by atoms with van der Waals surface area (Å²) in [6.45, 7) is -0.0814. The van der Waals surface area contributed by atoms with Crippen molar-refractivity contribution in [3.63, 3.8) is 0 Å². The van der Waals surface area contributed by atoms with Gasteiger partial charge in [0.1, 0.15) is 5.69 Å². The van der Waals surface area contributed by atoms with Crippen molar-refractivity contribution in [2.75, 3.05) is 0 Å². The van der Waals surface area contributed by atoms with Gasteiger partial charge in [-0.15, -0.1) is 27.8 Å². The predicted octanol–water partition coefficient (Wildman–Crippen LogP) is 2.55. The van der Waals surface area contributed by atoms with Crippen LogP contribution in [-0.4, -0.2) is 20.1 Å². The van der Waals surface area contributed by atoms with Gasteiger partial charge in [-0.3, -0.25) is 0 Å². The van der Waals surface area contributed by atoms with Crippen molar-refractivity contribution in [1.29, 1.82) is 0 Å². The molecule has 0 spiro atoms. The first-order chi connectivity index (χ1) is 8.36. The van der Waals surface area contributed by atoms with Crippen LogP contribution in [0.1, 0.15) is 5.69 Å². The lowest BCUT2D eigenvalue weighted by molar-refractivity contribution is 0.276. The van der Waals surface area contributed by atoms with E-state index in [1.165, 1.54) is 9.75 Å². The van der Waals surface area contributed by atoms with Crippen LogP contribution in [0.25, 0.3) is 15.4 Å². The topological polar surface area (TPSA) is 50.9 Å². The lowest BCUT2D eigenvalue weighted by Gasteiger charge is -1.92.